The molecular formula is C35H42N2O11. The number of nitrogens with zero attached hydrogens (tertiary/aromatic N) is 2. The molecule has 1 spiro atoms. The second kappa shape index (κ2) is 10.2. The van der Waals surface area contributed by atoms with Crippen LogP contribution in [-0.4, -0.2) is 107 Å². The Bertz CT molecular complexity index is 1650. The number of aliphatic hydroxyl groups is 3. The highest BCUT2D eigenvalue weighted by Crippen LogP contribution is 2.80. The fourth-order valence-corrected chi connectivity index (χ4v) is 11.8. The van der Waals surface area contributed by atoms with Gasteiger partial charge in [0.1, 0.15) is 29.5 Å². The van der Waals surface area contributed by atoms with Crippen molar-refractivity contribution in [3.05, 3.63) is 29.8 Å². The van der Waals surface area contributed by atoms with E-state index in [1.165, 1.54) is 20.1 Å². The summed E-state index contributed by atoms with van der Waals surface area (Å²) >= 11 is 0. The number of carbonyl (C=O) groups excluding carboxylic acids is 4. The molecule has 13 nitrogen and oxygen atoms in total. The summed E-state index contributed by atoms with van der Waals surface area (Å²) < 4.78 is 23.8. The van der Waals surface area contributed by atoms with Crippen LogP contribution in [0.25, 0.3) is 0 Å². The molecule has 48 heavy (non-hydrogen) atoms. The SMILES string of the molecule is CO[C@H]1C[C@@]2(O)[C@@]3(O)[C@@H](OC(C)=O)[C@@H]1C[C@H]3[C@@]13[C@@H](OC)CC[C@@]4(COC(=O)c5ccccc5N5C(=O)C[C@H](C)C5=O)C=N[C@@H]1[C@]2(O)C[C@H]43. The lowest BCUT2D eigenvalue weighted by Gasteiger charge is -2.68. The van der Waals surface area contributed by atoms with Crippen molar-refractivity contribution in [2.45, 2.75) is 93.5 Å². The Morgan fingerprint density at radius 3 is 2.48 bits per heavy atom. The minimum Gasteiger partial charge on any atom is -0.461 e. The molecule has 0 radical (unpaired) electrons. The van der Waals surface area contributed by atoms with Gasteiger partial charge in [0.2, 0.25) is 11.8 Å². The zero-order chi connectivity index (χ0) is 34.2. The number of carbonyl (C=O) groups is 4. The normalized spacial score (nSPS) is 47.8. The summed E-state index contributed by atoms with van der Waals surface area (Å²) in [6.45, 7) is 2.80. The highest BCUT2D eigenvalue weighted by molar-refractivity contribution is 6.22. The molecule has 0 aromatic heterocycles. The number of benzene rings is 1. The number of amides is 2. The van der Waals surface area contributed by atoms with Gasteiger partial charge in [0.05, 0.1) is 29.5 Å². The van der Waals surface area contributed by atoms with Crippen LogP contribution in [0.3, 0.4) is 0 Å². The first-order chi connectivity index (χ1) is 22.7. The molecule has 2 aliphatic heterocycles. The first kappa shape index (κ1) is 32.0. The lowest BCUT2D eigenvalue weighted by atomic mass is 9.42. The lowest BCUT2D eigenvalue weighted by Crippen LogP contribution is -2.84. The molecule has 1 aromatic carbocycles. The Labute approximate surface area is 277 Å². The van der Waals surface area contributed by atoms with E-state index in [-0.39, 0.29) is 48.9 Å². The minimum absolute atomic E-state index is 0.0313. The number of aliphatic imine (C=N–C) groups is 1. The Morgan fingerprint density at radius 1 is 1.06 bits per heavy atom. The second-order valence-electron chi connectivity index (χ2n) is 15.3. The van der Waals surface area contributed by atoms with Gasteiger partial charge in [-0.2, -0.15) is 0 Å². The number of hydrogen-bond donors (Lipinski definition) is 3. The zero-order valence-electron chi connectivity index (χ0n) is 27.5. The van der Waals surface area contributed by atoms with Crippen LogP contribution >= 0.6 is 0 Å². The fraction of sp³-hybridized carbons (Fsp3) is 0.686. The summed E-state index contributed by atoms with van der Waals surface area (Å²) in [6.07, 6.45) is 0.889. The second-order valence-corrected chi connectivity index (χ2v) is 15.3. The van der Waals surface area contributed by atoms with Crippen molar-refractivity contribution < 1.29 is 53.4 Å². The molecule has 1 saturated heterocycles. The Kier molecular flexibility index (Phi) is 6.77. The van der Waals surface area contributed by atoms with Gasteiger partial charge in [-0.25, -0.2) is 9.69 Å². The molecular weight excluding hydrogens is 624 g/mol. The molecule has 5 aliphatic carbocycles. The van der Waals surface area contributed by atoms with Crippen LogP contribution in [0.2, 0.25) is 0 Å². The number of methoxy groups -OCH3 is 2. The van der Waals surface area contributed by atoms with Gasteiger partial charge in [-0.1, -0.05) is 19.1 Å². The molecule has 6 fully saturated rings. The number of fused-ring (bicyclic) bond motifs is 2. The maximum atomic E-state index is 13.8. The average molecular weight is 667 g/mol. The van der Waals surface area contributed by atoms with Crippen LogP contribution in [0.15, 0.2) is 29.3 Å². The van der Waals surface area contributed by atoms with Gasteiger partial charge in [0.15, 0.2) is 0 Å². The van der Waals surface area contributed by atoms with E-state index in [2.05, 4.69) is 0 Å². The van der Waals surface area contributed by atoms with Crippen molar-refractivity contribution in [1.29, 1.82) is 0 Å². The van der Waals surface area contributed by atoms with Gasteiger partial charge < -0.3 is 34.3 Å². The van der Waals surface area contributed by atoms with E-state index in [4.69, 9.17) is 23.9 Å². The van der Waals surface area contributed by atoms with E-state index in [1.807, 2.05) is 0 Å². The summed E-state index contributed by atoms with van der Waals surface area (Å²) in [7, 11) is 3.10. The van der Waals surface area contributed by atoms with E-state index in [0.717, 1.165) is 4.90 Å². The van der Waals surface area contributed by atoms with E-state index < -0.39 is 87.6 Å². The molecule has 258 valence electrons. The molecule has 2 heterocycles. The summed E-state index contributed by atoms with van der Waals surface area (Å²) in [5.74, 6) is -4.18. The van der Waals surface area contributed by atoms with Crippen LogP contribution in [0.4, 0.5) is 5.69 Å². The lowest BCUT2D eigenvalue weighted by molar-refractivity contribution is -0.346. The number of ether oxygens (including phenoxy) is 4. The number of para-hydroxylation sites is 1. The number of imide groups is 1. The standard InChI is InChI=1S/C35H42N2O11/c1-17-11-26(39)37(28(17)40)21-8-6-5-7-19(21)29(41)47-16-31-10-9-25(46-4)34-23-12-20-22(45-3)13-33(43,35(23,44)27(20)48-18(2)38)32(42,14-24(31)34)30(34)36-15-31/h5-8,15,17,20,22-25,27,30,42-44H,9-14,16H2,1-4H3/t17-,20+,22-,23-,24+,25-,27-,30+,31-,32+,33-,34+,35-/m0/s1. The number of esters is 2. The quantitative estimate of drug-likeness (QED) is 0.281. The molecule has 2 amide bonds. The molecule has 7 aliphatic rings. The molecule has 0 unspecified atom stereocenters. The molecule has 13 heteroatoms. The third-order valence-corrected chi connectivity index (χ3v) is 13.6. The monoisotopic (exact) mass is 666 g/mol. The van der Waals surface area contributed by atoms with Gasteiger partial charge in [0, 0.05) is 68.8 Å². The van der Waals surface area contributed by atoms with Gasteiger partial charge in [-0.3, -0.25) is 19.4 Å². The van der Waals surface area contributed by atoms with Crippen molar-refractivity contribution >= 4 is 35.7 Å². The molecule has 3 N–H and O–H groups in total. The minimum atomic E-state index is -2.14. The largest absolute Gasteiger partial charge is 0.461 e. The van der Waals surface area contributed by atoms with E-state index in [0.29, 0.717) is 19.3 Å². The van der Waals surface area contributed by atoms with Crippen molar-refractivity contribution in [3.63, 3.8) is 0 Å². The summed E-state index contributed by atoms with van der Waals surface area (Å²) in [4.78, 5) is 57.8. The topological polar surface area (TPSA) is 181 Å². The summed E-state index contributed by atoms with van der Waals surface area (Å²) in [5.41, 5.74) is -7.76. The molecule has 5 saturated carbocycles. The van der Waals surface area contributed by atoms with E-state index in [1.54, 1.807) is 38.4 Å². The van der Waals surface area contributed by atoms with Gasteiger partial charge in [-0.05, 0) is 43.7 Å². The Balaban J connectivity index is 1.19. The number of hydrogen-bond acceptors (Lipinski definition) is 12. The molecule has 7 bridgehead atoms. The van der Waals surface area contributed by atoms with Crippen molar-refractivity contribution in [1.82, 2.24) is 0 Å². The van der Waals surface area contributed by atoms with E-state index in [9.17, 15) is 34.5 Å². The first-order valence-corrected chi connectivity index (χ1v) is 16.8. The van der Waals surface area contributed by atoms with Crippen LogP contribution in [0.5, 0.6) is 0 Å². The van der Waals surface area contributed by atoms with Crippen molar-refractivity contribution in [2.75, 3.05) is 25.7 Å². The molecule has 8 rings (SSSR count). The number of rotatable bonds is 7. The summed E-state index contributed by atoms with van der Waals surface area (Å²) in [6, 6.07) is 5.51. The molecule has 13 atom stereocenters. The van der Waals surface area contributed by atoms with Crippen LogP contribution in [0.1, 0.15) is 62.7 Å². The summed E-state index contributed by atoms with van der Waals surface area (Å²) in [5, 5.41) is 38.4. The van der Waals surface area contributed by atoms with Crippen LogP contribution in [-0.2, 0) is 33.3 Å². The molecule has 1 aromatic rings. The van der Waals surface area contributed by atoms with Crippen LogP contribution in [0, 0.1) is 34.5 Å². The maximum Gasteiger partial charge on any atom is 0.340 e. The maximum absolute atomic E-state index is 13.8. The van der Waals surface area contributed by atoms with Gasteiger partial charge in [-0.15, -0.1) is 0 Å². The first-order valence-electron chi connectivity index (χ1n) is 16.8. The Morgan fingerprint density at radius 2 is 1.81 bits per heavy atom. The van der Waals surface area contributed by atoms with Crippen molar-refractivity contribution in [2.24, 2.45) is 39.5 Å². The fourth-order valence-electron chi connectivity index (χ4n) is 11.8. The van der Waals surface area contributed by atoms with Crippen LogP contribution < -0.4 is 4.90 Å². The predicted octanol–water partition coefficient (Wildman–Crippen LogP) is 1.19. The average Bonchev–Trinajstić information content (AvgIpc) is 3.52. The van der Waals surface area contributed by atoms with Gasteiger partial charge in [0.25, 0.3) is 0 Å². The van der Waals surface area contributed by atoms with Gasteiger partial charge >= 0.3 is 11.9 Å². The third-order valence-electron chi connectivity index (χ3n) is 13.6. The Hall–Kier alpha value is -3.23. The predicted molar refractivity (Wildman–Crippen MR) is 166 cm³/mol. The number of anilines is 1. The zero-order valence-corrected chi connectivity index (χ0v) is 27.5. The highest BCUT2D eigenvalue weighted by Gasteiger charge is 2.92. The third kappa shape index (κ3) is 3.51. The highest BCUT2D eigenvalue weighted by atomic mass is 16.6. The van der Waals surface area contributed by atoms with Crippen molar-refractivity contribution in [3.8, 4) is 0 Å². The smallest absolute Gasteiger partial charge is 0.340 e. The van der Waals surface area contributed by atoms with E-state index >= 15 is 0 Å².